The van der Waals surface area contributed by atoms with E-state index >= 15 is 0 Å². The average Bonchev–Trinajstić information content (AvgIpc) is 3.28. The summed E-state index contributed by atoms with van der Waals surface area (Å²) in [7, 11) is 0. The molecule has 0 unspecified atom stereocenters. The molecular formula is C20H25N5O3. The number of ether oxygens (including phenoxy) is 2. The molecule has 1 N–H and O–H groups in total. The first-order valence-corrected chi connectivity index (χ1v) is 10.2. The number of carbonyl (C=O) groups is 1. The third-order valence-electron chi connectivity index (χ3n) is 5.84. The highest BCUT2D eigenvalue weighted by atomic mass is 16.7. The van der Waals surface area contributed by atoms with Crippen molar-refractivity contribution in [1.82, 2.24) is 19.7 Å². The molecule has 148 valence electrons. The molecule has 1 aromatic heterocycles. The molecule has 2 amide bonds. The normalized spacial score (nSPS) is 21.1. The van der Waals surface area contributed by atoms with E-state index in [1.54, 1.807) is 6.07 Å². The van der Waals surface area contributed by atoms with Gasteiger partial charge in [-0.2, -0.15) is 0 Å². The van der Waals surface area contributed by atoms with E-state index in [1.807, 2.05) is 17.0 Å². The number of piperidine rings is 1. The number of hydrogen-bond donors (Lipinski definition) is 1. The van der Waals surface area contributed by atoms with Gasteiger partial charge in [-0.3, -0.25) is 0 Å². The van der Waals surface area contributed by atoms with Gasteiger partial charge >= 0.3 is 6.03 Å². The quantitative estimate of drug-likeness (QED) is 0.862. The van der Waals surface area contributed by atoms with Crippen LogP contribution in [0, 0.1) is 0 Å². The zero-order valence-corrected chi connectivity index (χ0v) is 15.9. The van der Waals surface area contributed by atoms with Gasteiger partial charge in [0.15, 0.2) is 11.5 Å². The van der Waals surface area contributed by atoms with Crippen molar-refractivity contribution in [2.24, 2.45) is 0 Å². The number of nitrogens with zero attached hydrogens (tertiary/aromatic N) is 4. The molecule has 1 fully saturated rings. The Morgan fingerprint density at radius 2 is 2.00 bits per heavy atom. The molecule has 0 bridgehead atoms. The van der Waals surface area contributed by atoms with Crippen LogP contribution < -0.4 is 14.8 Å². The SMILES string of the molecule is O=C(Nc1ccc2c(c1)OCO2)N1CCC[C@H](c2nnc3n2CCCCC3)C1. The fraction of sp³-hybridized carbons (Fsp3) is 0.550. The summed E-state index contributed by atoms with van der Waals surface area (Å²) in [6, 6.07) is 5.38. The molecule has 8 heteroatoms. The summed E-state index contributed by atoms with van der Waals surface area (Å²) in [4.78, 5) is 14.7. The van der Waals surface area contributed by atoms with E-state index in [-0.39, 0.29) is 18.7 Å². The van der Waals surface area contributed by atoms with Crippen molar-refractivity contribution in [3.8, 4) is 11.5 Å². The first-order chi connectivity index (χ1) is 13.8. The van der Waals surface area contributed by atoms with Crippen molar-refractivity contribution in [3.63, 3.8) is 0 Å². The fourth-order valence-electron chi connectivity index (χ4n) is 4.36. The van der Waals surface area contributed by atoms with Gasteiger partial charge in [-0.15, -0.1) is 10.2 Å². The minimum absolute atomic E-state index is 0.0841. The van der Waals surface area contributed by atoms with Gasteiger partial charge in [0.05, 0.1) is 0 Å². The van der Waals surface area contributed by atoms with Gasteiger partial charge in [-0.05, 0) is 37.8 Å². The lowest BCUT2D eigenvalue weighted by Gasteiger charge is -2.32. The zero-order chi connectivity index (χ0) is 18.9. The van der Waals surface area contributed by atoms with E-state index in [0.29, 0.717) is 23.7 Å². The average molecular weight is 383 g/mol. The molecule has 4 heterocycles. The Bertz CT molecular complexity index is 881. The van der Waals surface area contributed by atoms with E-state index in [2.05, 4.69) is 20.1 Å². The predicted molar refractivity (Wildman–Crippen MR) is 103 cm³/mol. The third kappa shape index (κ3) is 3.27. The molecule has 3 aliphatic rings. The predicted octanol–water partition coefficient (Wildman–Crippen LogP) is 3.14. The molecule has 1 saturated heterocycles. The van der Waals surface area contributed by atoms with E-state index < -0.39 is 0 Å². The summed E-state index contributed by atoms with van der Waals surface area (Å²) >= 11 is 0. The number of urea groups is 1. The van der Waals surface area contributed by atoms with Crippen LogP contribution >= 0.6 is 0 Å². The summed E-state index contributed by atoms with van der Waals surface area (Å²) in [6.45, 7) is 2.66. The monoisotopic (exact) mass is 383 g/mol. The van der Waals surface area contributed by atoms with Gasteiger partial charge in [0.1, 0.15) is 11.6 Å². The van der Waals surface area contributed by atoms with Crippen molar-refractivity contribution >= 4 is 11.7 Å². The summed E-state index contributed by atoms with van der Waals surface area (Å²) in [6.07, 6.45) is 6.64. The molecule has 28 heavy (non-hydrogen) atoms. The first-order valence-electron chi connectivity index (χ1n) is 10.2. The van der Waals surface area contributed by atoms with E-state index in [0.717, 1.165) is 44.0 Å². The highest BCUT2D eigenvalue weighted by Gasteiger charge is 2.29. The Labute approximate surface area is 163 Å². The molecule has 5 rings (SSSR count). The van der Waals surface area contributed by atoms with Gasteiger partial charge < -0.3 is 24.3 Å². The summed E-state index contributed by atoms with van der Waals surface area (Å²) < 4.78 is 13.0. The lowest BCUT2D eigenvalue weighted by atomic mass is 9.97. The smallest absolute Gasteiger partial charge is 0.321 e. The van der Waals surface area contributed by atoms with Crippen LogP contribution in [-0.2, 0) is 13.0 Å². The number of carbonyl (C=O) groups excluding carboxylic acids is 1. The number of likely N-dealkylation sites (tertiary alicyclic amines) is 1. The van der Waals surface area contributed by atoms with E-state index in [9.17, 15) is 4.79 Å². The standard InChI is InChI=1S/C20H25N5O3/c26-20(21-15-7-8-16-17(11-15)28-13-27-16)24-9-4-5-14(12-24)19-23-22-18-6-2-1-3-10-25(18)19/h7-8,11,14H,1-6,9-10,12-13H2,(H,21,26)/t14-/m0/s1. The third-order valence-corrected chi connectivity index (χ3v) is 5.84. The maximum Gasteiger partial charge on any atom is 0.321 e. The van der Waals surface area contributed by atoms with Crippen LogP contribution in [0.5, 0.6) is 11.5 Å². The Kier molecular flexibility index (Phi) is 4.54. The van der Waals surface area contributed by atoms with Crippen LogP contribution in [0.15, 0.2) is 18.2 Å². The summed E-state index contributed by atoms with van der Waals surface area (Å²) in [5.74, 6) is 3.78. The second kappa shape index (κ2) is 7.33. The van der Waals surface area contributed by atoms with Crippen molar-refractivity contribution in [3.05, 3.63) is 29.8 Å². The maximum atomic E-state index is 12.8. The zero-order valence-electron chi connectivity index (χ0n) is 15.9. The van der Waals surface area contributed by atoms with Crippen molar-refractivity contribution < 1.29 is 14.3 Å². The van der Waals surface area contributed by atoms with Crippen LogP contribution in [0.25, 0.3) is 0 Å². The minimum Gasteiger partial charge on any atom is -0.454 e. The van der Waals surface area contributed by atoms with E-state index in [1.165, 1.54) is 19.3 Å². The van der Waals surface area contributed by atoms with Gasteiger partial charge in [0, 0.05) is 43.7 Å². The Morgan fingerprint density at radius 3 is 2.96 bits per heavy atom. The molecule has 2 aromatic rings. The fourth-order valence-corrected chi connectivity index (χ4v) is 4.36. The number of anilines is 1. The highest BCUT2D eigenvalue weighted by molar-refractivity contribution is 5.89. The summed E-state index contributed by atoms with van der Waals surface area (Å²) in [5, 5.41) is 11.9. The second-order valence-electron chi connectivity index (χ2n) is 7.72. The first kappa shape index (κ1) is 17.3. The molecule has 8 nitrogen and oxygen atoms in total. The molecular weight excluding hydrogens is 358 g/mol. The number of benzene rings is 1. The number of rotatable bonds is 2. The lowest BCUT2D eigenvalue weighted by molar-refractivity contribution is 0.174. The van der Waals surface area contributed by atoms with Gasteiger partial charge in [0.25, 0.3) is 0 Å². The Balaban J connectivity index is 1.28. The van der Waals surface area contributed by atoms with Crippen LogP contribution in [-0.4, -0.2) is 45.6 Å². The topological polar surface area (TPSA) is 81.5 Å². The summed E-state index contributed by atoms with van der Waals surface area (Å²) in [5.41, 5.74) is 0.715. The number of hydrogen-bond acceptors (Lipinski definition) is 5. The number of fused-ring (bicyclic) bond motifs is 2. The number of aryl methyl sites for hydroxylation is 1. The minimum atomic E-state index is -0.0841. The van der Waals surface area contributed by atoms with Crippen LogP contribution in [0.4, 0.5) is 10.5 Å². The maximum absolute atomic E-state index is 12.8. The van der Waals surface area contributed by atoms with Crippen LogP contribution in [0.1, 0.15) is 49.7 Å². The lowest BCUT2D eigenvalue weighted by Crippen LogP contribution is -2.42. The highest BCUT2D eigenvalue weighted by Crippen LogP contribution is 2.34. The molecule has 1 aromatic carbocycles. The number of aromatic nitrogens is 3. The molecule has 0 radical (unpaired) electrons. The Hall–Kier alpha value is -2.77. The molecule has 1 atom stereocenters. The van der Waals surface area contributed by atoms with Gasteiger partial charge in [-0.25, -0.2) is 4.79 Å². The largest absolute Gasteiger partial charge is 0.454 e. The van der Waals surface area contributed by atoms with Gasteiger partial charge in [0.2, 0.25) is 6.79 Å². The van der Waals surface area contributed by atoms with Crippen molar-refractivity contribution in [2.75, 3.05) is 25.2 Å². The molecule has 0 saturated carbocycles. The Morgan fingerprint density at radius 1 is 1.07 bits per heavy atom. The van der Waals surface area contributed by atoms with Crippen molar-refractivity contribution in [1.29, 1.82) is 0 Å². The van der Waals surface area contributed by atoms with Gasteiger partial charge in [-0.1, -0.05) is 6.42 Å². The van der Waals surface area contributed by atoms with Crippen molar-refractivity contribution in [2.45, 2.75) is 51.0 Å². The number of amides is 2. The van der Waals surface area contributed by atoms with Crippen LogP contribution in [0.3, 0.4) is 0 Å². The van der Waals surface area contributed by atoms with Crippen LogP contribution in [0.2, 0.25) is 0 Å². The molecule has 0 aliphatic carbocycles. The number of nitrogens with one attached hydrogen (secondary N) is 1. The second-order valence-corrected chi connectivity index (χ2v) is 7.72. The van der Waals surface area contributed by atoms with E-state index in [4.69, 9.17) is 9.47 Å². The molecule has 3 aliphatic heterocycles. The molecule has 0 spiro atoms.